The first-order valence-corrected chi connectivity index (χ1v) is 11.1. The number of halogens is 1. The molecule has 1 aliphatic carbocycles. The molecule has 140 valence electrons. The zero-order valence-corrected chi connectivity index (χ0v) is 17.9. The predicted molar refractivity (Wildman–Crippen MR) is 127 cm³/mol. The van der Waals surface area contributed by atoms with E-state index in [0.717, 1.165) is 5.02 Å². The van der Waals surface area contributed by atoms with Crippen LogP contribution in [-0.4, -0.2) is 0 Å². The predicted octanol–water partition coefficient (Wildman–Crippen LogP) is 8.68. The second-order valence-electron chi connectivity index (χ2n) is 8.30. The molecule has 0 radical (unpaired) electrons. The lowest BCUT2D eigenvalue weighted by molar-refractivity contribution is 0.660. The van der Waals surface area contributed by atoms with Gasteiger partial charge in [0.15, 0.2) is 0 Å². The van der Waals surface area contributed by atoms with Gasteiger partial charge >= 0.3 is 0 Å². The lowest BCUT2D eigenvalue weighted by Gasteiger charge is -2.21. The molecule has 0 N–H and O–H groups in total. The summed E-state index contributed by atoms with van der Waals surface area (Å²) in [7, 11) is 0. The lowest BCUT2D eigenvalue weighted by Crippen LogP contribution is -2.14. The molecule has 5 aromatic rings. The van der Waals surface area contributed by atoms with Crippen LogP contribution in [-0.2, 0) is 5.41 Å². The highest BCUT2D eigenvalue weighted by atomic mass is 35.5. The Morgan fingerprint density at radius 1 is 0.690 bits per heavy atom. The van der Waals surface area contributed by atoms with Gasteiger partial charge in [0.25, 0.3) is 0 Å². The quantitative estimate of drug-likeness (QED) is 0.259. The van der Waals surface area contributed by atoms with E-state index in [9.17, 15) is 0 Å². The van der Waals surface area contributed by atoms with Gasteiger partial charge in [-0.05, 0) is 45.5 Å². The van der Waals surface area contributed by atoms with E-state index in [4.69, 9.17) is 11.6 Å². The van der Waals surface area contributed by atoms with Crippen LogP contribution in [0.4, 0.5) is 0 Å². The smallest absolute Gasteiger partial charge is 0.0584 e. The fourth-order valence-corrected chi connectivity index (χ4v) is 6.44. The summed E-state index contributed by atoms with van der Waals surface area (Å²) in [4.78, 5) is 0. The summed E-state index contributed by atoms with van der Waals surface area (Å²) in [5.74, 6) is 0. The molecule has 0 atom stereocenters. The minimum atomic E-state index is 0.00978. The first-order valence-electron chi connectivity index (χ1n) is 9.91. The Hall–Kier alpha value is -2.61. The minimum Gasteiger partial charge on any atom is -0.134 e. The van der Waals surface area contributed by atoms with Crippen LogP contribution in [0.25, 0.3) is 42.4 Å². The Labute approximate surface area is 179 Å². The number of hydrogen-bond donors (Lipinski definition) is 0. The summed E-state index contributed by atoms with van der Waals surface area (Å²) in [5, 5.41) is 3.39. The number of rotatable bonds is 1. The molecular weight excluding hydrogens is 392 g/mol. The molecule has 1 heterocycles. The Morgan fingerprint density at radius 3 is 2.28 bits per heavy atom. The Morgan fingerprint density at radius 2 is 1.38 bits per heavy atom. The van der Waals surface area contributed by atoms with Gasteiger partial charge in [-0.1, -0.05) is 92.2 Å². The normalized spacial score (nSPS) is 14.3. The molecule has 0 saturated carbocycles. The molecule has 29 heavy (non-hydrogen) atoms. The molecule has 0 unspecified atom stereocenters. The van der Waals surface area contributed by atoms with Gasteiger partial charge in [-0.15, -0.1) is 11.3 Å². The van der Waals surface area contributed by atoms with Crippen molar-refractivity contribution in [1.29, 1.82) is 0 Å². The van der Waals surface area contributed by atoms with Crippen LogP contribution >= 0.6 is 22.9 Å². The summed E-state index contributed by atoms with van der Waals surface area (Å²) >= 11 is 8.32. The highest BCUT2D eigenvalue weighted by Crippen LogP contribution is 2.53. The summed E-state index contributed by atoms with van der Waals surface area (Å²) < 4.78 is 2.46. The zero-order chi connectivity index (χ0) is 19.8. The Balaban J connectivity index is 1.76. The van der Waals surface area contributed by atoms with Crippen LogP contribution in [0, 0.1) is 0 Å². The van der Waals surface area contributed by atoms with Gasteiger partial charge in [0.05, 0.1) is 9.72 Å². The van der Waals surface area contributed by atoms with Crippen molar-refractivity contribution in [2.75, 3.05) is 0 Å². The van der Waals surface area contributed by atoms with E-state index in [1.807, 2.05) is 6.07 Å². The van der Waals surface area contributed by atoms with Crippen molar-refractivity contribution < 1.29 is 0 Å². The molecule has 0 aliphatic heterocycles. The Kier molecular flexibility index (Phi) is 3.54. The van der Waals surface area contributed by atoms with E-state index < -0.39 is 0 Å². The van der Waals surface area contributed by atoms with Crippen molar-refractivity contribution in [2.24, 2.45) is 0 Å². The number of benzene rings is 4. The van der Waals surface area contributed by atoms with Crippen molar-refractivity contribution >= 4 is 43.1 Å². The second kappa shape index (κ2) is 5.95. The average molecular weight is 411 g/mol. The van der Waals surface area contributed by atoms with E-state index in [1.165, 1.54) is 53.6 Å². The zero-order valence-electron chi connectivity index (χ0n) is 16.3. The van der Waals surface area contributed by atoms with Crippen LogP contribution in [0.3, 0.4) is 0 Å². The van der Waals surface area contributed by atoms with E-state index in [1.54, 1.807) is 11.3 Å². The molecule has 0 nitrogen and oxygen atoms in total. The SMILES string of the molecule is CC1(C)c2ccccc2-c2c(-c3cccc4sc5c(Cl)cccc5c34)cccc21. The summed E-state index contributed by atoms with van der Waals surface area (Å²) in [5.41, 5.74) is 8.17. The van der Waals surface area contributed by atoms with Crippen LogP contribution in [0.2, 0.25) is 5.02 Å². The molecule has 0 saturated heterocycles. The molecule has 1 aromatic heterocycles. The van der Waals surface area contributed by atoms with E-state index >= 15 is 0 Å². The largest absolute Gasteiger partial charge is 0.134 e. The van der Waals surface area contributed by atoms with Crippen LogP contribution in [0.15, 0.2) is 78.9 Å². The molecule has 0 fully saturated rings. The van der Waals surface area contributed by atoms with E-state index in [-0.39, 0.29) is 5.41 Å². The molecule has 0 amide bonds. The van der Waals surface area contributed by atoms with Crippen molar-refractivity contribution in [3.8, 4) is 22.3 Å². The Bertz CT molecular complexity index is 1440. The lowest BCUT2D eigenvalue weighted by atomic mass is 9.82. The van der Waals surface area contributed by atoms with Gasteiger partial charge in [-0.3, -0.25) is 0 Å². The van der Waals surface area contributed by atoms with E-state index in [2.05, 4.69) is 86.6 Å². The third kappa shape index (κ3) is 2.26. The molecule has 6 rings (SSSR count). The molecule has 1 aliphatic rings. The van der Waals surface area contributed by atoms with Gasteiger partial charge in [0.2, 0.25) is 0 Å². The summed E-state index contributed by atoms with van der Waals surface area (Å²) in [6, 6.07) is 28.5. The van der Waals surface area contributed by atoms with Gasteiger partial charge in [-0.25, -0.2) is 0 Å². The molecular formula is C27H19ClS. The van der Waals surface area contributed by atoms with Gasteiger partial charge < -0.3 is 0 Å². The fraction of sp³-hybridized carbons (Fsp3) is 0.111. The average Bonchev–Trinajstić information content (AvgIpc) is 3.23. The maximum Gasteiger partial charge on any atom is 0.0584 e. The highest BCUT2D eigenvalue weighted by Gasteiger charge is 2.36. The maximum absolute atomic E-state index is 6.54. The van der Waals surface area contributed by atoms with Crippen molar-refractivity contribution in [1.82, 2.24) is 0 Å². The van der Waals surface area contributed by atoms with Crippen LogP contribution in [0.5, 0.6) is 0 Å². The minimum absolute atomic E-state index is 0.00978. The van der Waals surface area contributed by atoms with Crippen molar-refractivity contribution in [3.63, 3.8) is 0 Å². The molecule has 0 bridgehead atoms. The summed E-state index contributed by atoms with van der Waals surface area (Å²) in [6.45, 7) is 4.67. The van der Waals surface area contributed by atoms with Gasteiger partial charge in [-0.2, -0.15) is 0 Å². The first kappa shape index (κ1) is 17.3. The van der Waals surface area contributed by atoms with Crippen molar-refractivity contribution in [3.05, 3.63) is 95.0 Å². The standard InChI is InChI=1S/C27H19ClS/c1-27(2)20-12-4-3-8-18(20)24-16(9-5-13-21(24)27)17-10-7-15-23-25(17)19-11-6-14-22(28)26(19)29-23/h3-15H,1-2H3. The molecule has 2 heteroatoms. The van der Waals surface area contributed by atoms with E-state index in [0.29, 0.717) is 0 Å². The summed E-state index contributed by atoms with van der Waals surface area (Å²) in [6.07, 6.45) is 0. The van der Waals surface area contributed by atoms with Crippen LogP contribution < -0.4 is 0 Å². The fourth-order valence-electron chi connectivity index (χ4n) is 5.02. The number of fused-ring (bicyclic) bond motifs is 6. The number of thiophene rings is 1. The van der Waals surface area contributed by atoms with Gasteiger partial charge in [0, 0.05) is 20.9 Å². The number of hydrogen-bond acceptors (Lipinski definition) is 1. The van der Waals surface area contributed by atoms with Crippen LogP contribution in [0.1, 0.15) is 25.0 Å². The topological polar surface area (TPSA) is 0 Å². The first-order chi connectivity index (χ1) is 14.1. The molecule has 4 aromatic carbocycles. The van der Waals surface area contributed by atoms with Gasteiger partial charge in [0.1, 0.15) is 0 Å². The second-order valence-corrected chi connectivity index (χ2v) is 9.76. The third-order valence-corrected chi connectivity index (χ3v) is 8.00. The van der Waals surface area contributed by atoms with Crippen molar-refractivity contribution in [2.45, 2.75) is 19.3 Å². The maximum atomic E-state index is 6.54. The third-order valence-electron chi connectivity index (χ3n) is 6.37. The highest BCUT2D eigenvalue weighted by molar-refractivity contribution is 7.26. The molecule has 0 spiro atoms. The monoisotopic (exact) mass is 410 g/mol.